The highest BCUT2D eigenvalue weighted by molar-refractivity contribution is 5.82. The predicted molar refractivity (Wildman–Crippen MR) is 132 cm³/mol. The highest BCUT2D eigenvalue weighted by atomic mass is 14.3. The minimum atomic E-state index is 0.514. The van der Waals surface area contributed by atoms with Crippen molar-refractivity contribution in [1.29, 1.82) is 0 Å². The lowest BCUT2D eigenvalue weighted by Gasteiger charge is -2.15. The van der Waals surface area contributed by atoms with Crippen LogP contribution in [-0.4, -0.2) is 0 Å². The van der Waals surface area contributed by atoms with Crippen LogP contribution in [0.15, 0.2) is 82.0 Å². The van der Waals surface area contributed by atoms with Crippen LogP contribution in [0, 0.1) is 11.8 Å². The van der Waals surface area contributed by atoms with Crippen molar-refractivity contribution in [3.63, 3.8) is 0 Å². The third kappa shape index (κ3) is 3.14. The molecule has 2 aliphatic carbocycles. The third-order valence-electron chi connectivity index (χ3n) is 8.01. The molecule has 0 saturated heterocycles. The quantitative estimate of drug-likeness (QED) is 0.487. The molecule has 2 atom stereocenters. The first-order chi connectivity index (χ1) is 14.2. The van der Waals surface area contributed by atoms with Gasteiger partial charge in [0, 0.05) is 11.8 Å². The maximum atomic E-state index is 2.33. The van der Waals surface area contributed by atoms with Crippen molar-refractivity contribution < 1.29 is 0 Å². The minimum Gasteiger partial charge on any atom is -0.0629 e. The van der Waals surface area contributed by atoms with E-state index >= 15 is 0 Å². The Morgan fingerprint density at radius 2 is 0.667 bits per heavy atom. The molecule has 0 spiro atoms. The molecular formula is C30H34. The fourth-order valence-electron chi connectivity index (χ4n) is 5.35. The zero-order chi connectivity index (χ0) is 21.7. The van der Waals surface area contributed by atoms with Gasteiger partial charge in [-0.3, -0.25) is 0 Å². The van der Waals surface area contributed by atoms with Gasteiger partial charge < -0.3 is 0 Å². The predicted octanol–water partition coefficient (Wildman–Crippen LogP) is 8.87. The zero-order valence-electron chi connectivity index (χ0n) is 19.8. The van der Waals surface area contributed by atoms with E-state index < -0.39 is 0 Å². The standard InChI is InChI=1S/C30H34/c1-17-18(2)22(6)29(21(17)5)27-13-9-25(10-14-27)26-11-15-28(16-12-26)30-23(7)19(3)20(4)24(30)8/h9-16,21,23H,1-8H3. The van der Waals surface area contributed by atoms with E-state index in [1.165, 1.54) is 66.8 Å². The summed E-state index contributed by atoms with van der Waals surface area (Å²) >= 11 is 0. The summed E-state index contributed by atoms with van der Waals surface area (Å²) in [6, 6.07) is 18.3. The summed E-state index contributed by atoms with van der Waals surface area (Å²) in [5.41, 5.74) is 17.1. The Morgan fingerprint density at radius 1 is 0.400 bits per heavy atom. The normalized spacial score (nSPS) is 22.1. The van der Waals surface area contributed by atoms with Gasteiger partial charge in [-0.2, -0.15) is 0 Å². The van der Waals surface area contributed by atoms with Gasteiger partial charge in [0.2, 0.25) is 0 Å². The summed E-state index contributed by atoms with van der Waals surface area (Å²) in [5, 5.41) is 0. The molecule has 0 heteroatoms. The van der Waals surface area contributed by atoms with E-state index in [-0.39, 0.29) is 0 Å². The van der Waals surface area contributed by atoms with Crippen molar-refractivity contribution in [3.8, 4) is 11.1 Å². The largest absolute Gasteiger partial charge is 0.0629 e. The Bertz CT molecular complexity index is 1030. The van der Waals surface area contributed by atoms with E-state index in [9.17, 15) is 0 Å². The summed E-state index contributed by atoms with van der Waals surface area (Å²) in [7, 11) is 0. The van der Waals surface area contributed by atoms with Crippen LogP contribution in [0.1, 0.15) is 66.5 Å². The van der Waals surface area contributed by atoms with Gasteiger partial charge in [0.05, 0.1) is 0 Å². The van der Waals surface area contributed by atoms with E-state index in [4.69, 9.17) is 0 Å². The highest BCUT2D eigenvalue weighted by Gasteiger charge is 2.25. The smallest absolute Gasteiger partial charge is 0.00315 e. The average molecular weight is 395 g/mol. The first-order valence-electron chi connectivity index (χ1n) is 11.2. The van der Waals surface area contributed by atoms with E-state index in [1.54, 1.807) is 0 Å². The Hall–Kier alpha value is -2.60. The Labute approximate surface area is 182 Å². The van der Waals surface area contributed by atoms with Crippen molar-refractivity contribution in [2.45, 2.75) is 55.4 Å². The number of allylic oxidation sites excluding steroid dienone is 8. The Morgan fingerprint density at radius 3 is 0.900 bits per heavy atom. The van der Waals surface area contributed by atoms with Crippen LogP contribution in [-0.2, 0) is 0 Å². The molecular weight excluding hydrogens is 360 g/mol. The molecule has 2 aromatic carbocycles. The lowest BCUT2D eigenvalue weighted by Crippen LogP contribution is -1.97. The topological polar surface area (TPSA) is 0 Å². The van der Waals surface area contributed by atoms with Gasteiger partial charge in [0.25, 0.3) is 0 Å². The van der Waals surface area contributed by atoms with Crippen molar-refractivity contribution >= 4 is 11.1 Å². The van der Waals surface area contributed by atoms with Crippen LogP contribution in [0.25, 0.3) is 22.3 Å². The van der Waals surface area contributed by atoms with Crippen LogP contribution >= 0.6 is 0 Å². The monoisotopic (exact) mass is 394 g/mol. The summed E-state index contributed by atoms with van der Waals surface area (Å²) in [5.74, 6) is 1.03. The van der Waals surface area contributed by atoms with E-state index in [2.05, 4.69) is 104 Å². The summed E-state index contributed by atoms with van der Waals surface area (Å²) < 4.78 is 0. The first-order valence-corrected chi connectivity index (χ1v) is 11.2. The van der Waals surface area contributed by atoms with Gasteiger partial charge in [-0.25, -0.2) is 0 Å². The molecule has 0 heterocycles. The molecule has 2 unspecified atom stereocenters. The molecule has 0 aliphatic heterocycles. The lowest BCUT2D eigenvalue weighted by atomic mass is 9.89. The Balaban J connectivity index is 1.60. The van der Waals surface area contributed by atoms with Crippen LogP contribution in [0.4, 0.5) is 0 Å². The number of benzene rings is 2. The maximum absolute atomic E-state index is 2.33. The summed E-state index contributed by atoms with van der Waals surface area (Å²) in [6.07, 6.45) is 0. The number of rotatable bonds is 3. The molecule has 0 nitrogen and oxygen atoms in total. The summed E-state index contributed by atoms with van der Waals surface area (Å²) in [6.45, 7) is 18.2. The van der Waals surface area contributed by atoms with Gasteiger partial charge in [-0.15, -0.1) is 0 Å². The molecule has 0 N–H and O–H groups in total. The second-order valence-corrected chi connectivity index (χ2v) is 9.29. The van der Waals surface area contributed by atoms with Crippen LogP contribution < -0.4 is 0 Å². The maximum Gasteiger partial charge on any atom is 0.00315 e. The van der Waals surface area contributed by atoms with E-state index in [1.807, 2.05) is 0 Å². The number of hydrogen-bond donors (Lipinski definition) is 0. The molecule has 0 amide bonds. The molecule has 30 heavy (non-hydrogen) atoms. The SMILES string of the molecule is CC1=C(C)C(C)C(c2ccc(-c3ccc(C4=C(C)C(C)=C(C)C4C)cc3)cc2)=C1C. The fraction of sp³-hybridized carbons (Fsp3) is 0.333. The second kappa shape index (κ2) is 7.58. The molecule has 0 fully saturated rings. The Kier molecular flexibility index (Phi) is 5.22. The second-order valence-electron chi connectivity index (χ2n) is 9.29. The molecule has 0 bridgehead atoms. The first kappa shape index (κ1) is 20.7. The molecule has 4 rings (SSSR count). The molecule has 0 radical (unpaired) electrons. The number of hydrogen-bond acceptors (Lipinski definition) is 0. The van der Waals surface area contributed by atoms with Crippen molar-refractivity contribution in [2.24, 2.45) is 11.8 Å². The van der Waals surface area contributed by atoms with Crippen molar-refractivity contribution in [1.82, 2.24) is 0 Å². The van der Waals surface area contributed by atoms with Crippen LogP contribution in [0.3, 0.4) is 0 Å². The molecule has 0 saturated carbocycles. The van der Waals surface area contributed by atoms with E-state index in [0.29, 0.717) is 11.8 Å². The fourth-order valence-corrected chi connectivity index (χ4v) is 5.35. The molecule has 154 valence electrons. The molecule has 2 aliphatic rings. The van der Waals surface area contributed by atoms with Crippen molar-refractivity contribution in [2.75, 3.05) is 0 Å². The van der Waals surface area contributed by atoms with Crippen LogP contribution in [0.5, 0.6) is 0 Å². The van der Waals surface area contributed by atoms with Gasteiger partial charge in [-0.05, 0) is 97.2 Å². The van der Waals surface area contributed by atoms with Crippen LogP contribution in [0.2, 0.25) is 0 Å². The zero-order valence-corrected chi connectivity index (χ0v) is 19.8. The summed E-state index contributed by atoms with van der Waals surface area (Å²) in [4.78, 5) is 0. The van der Waals surface area contributed by atoms with Gasteiger partial charge in [-0.1, -0.05) is 73.5 Å². The average Bonchev–Trinajstić information content (AvgIpc) is 3.07. The highest BCUT2D eigenvalue weighted by Crippen LogP contribution is 2.44. The van der Waals surface area contributed by atoms with Gasteiger partial charge in [0.15, 0.2) is 0 Å². The van der Waals surface area contributed by atoms with Gasteiger partial charge in [0.1, 0.15) is 0 Å². The molecule has 0 aromatic heterocycles. The molecule has 2 aromatic rings. The van der Waals surface area contributed by atoms with Gasteiger partial charge >= 0.3 is 0 Å². The lowest BCUT2D eigenvalue weighted by molar-refractivity contribution is 0.895. The minimum absolute atomic E-state index is 0.514. The third-order valence-corrected chi connectivity index (χ3v) is 8.01. The van der Waals surface area contributed by atoms with E-state index in [0.717, 1.165) is 0 Å². The van der Waals surface area contributed by atoms with Crippen molar-refractivity contribution in [3.05, 3.63) is 93.1 Å².